The molecular weight excluding hydrogens is 350 g/mol. The van der Waals surface area contributed by atoms with Gasteiger partial charge in [0.05, 0.1) is 17.3 Å². The minimum absolute atomic E-state index is 0.0129. The Morgan fingerprint density at radius 3 is 2.40 bits per heavy atom. The van der Waals surface area contributed by atoms with Crippen LogP contribution in [0, 0.1) is 0 Å². The SMILES string of the molecule is CN1C(=O)/C(=C2\Sc3ccccc3N2C)SC1=NCc1ccccc1. The van der Waals surface area contributed by atoms with Gasteiger partial charge in [-0.1, -0.05) is 54.2 Å². The van der Waals surface area contributed by atoms with Gasteiger partial charge < -0.3 is 4.90 Å². The summed E-state index contributed by atoms with van der Waals surface area (Å²) in [6.45, 7) is 0.576. The van der Waals surface area contributed by atoms with E-state index in [1.54, 1.807) is 23.7 Å². The molecule has 0 bridgehead atoms. The Morgan fingerprint density at radius 2 is 1.64 bits per heavy atom. The molecule has 0 aromatic heterocycles. The van der Waals surface area contributed by atoms with Crippen LogP contribution in [-0.4, -0.2) is 30.1 Å². The van der Waals surface area contributed by atoms with Crippen molar-refractivity contribution in [3.8, 4) is 0 Å². The summed E-state index contributed by atoms with van der Waals surface area (Å²) in [6.07, 6.45) is 0. The molecule has 6 heteroatoms. The first-order valence-corrected chi connectivity index (χ1v) is 9.57. The number of nitrogens with zero attached hydrogens (tertiary/aromatic N) is 3. The Bertz CT molecular complexity index is 893. The van der Waals surface area contributed by atoms with Crippen LogP contribution in [0.25, 0.3) is 0 Å². The fourth-order valence-electron chi connectivity index (χ4n) is 2.76. The molecule has 2 heterocycles. The second kappa shape index (κ2) is 6.61. The number of benzene rings is 2. The Labute approximate surface area is 155 Å². The van der Waals surface area contributed by atoms with Crippen molar-refractivity contribution in [2.24, 2.45) is 4.99 Å². The van der Waals surface area contributed by atoms with Gasteiger partial charge in [-0.15, -0.1) is 0 Å². The quantitative estimate of drug-likeness (QED) is 0.747. The highest BCUT2D eigenvalue weighted by molar-refractivity contribution is 8.19. The summed E-state index contributed by atoms with van der Waals surface area (Å²) in [5, 5.41) is 1.73. The van der Waals surface area contributed by atoms with Crippen molar-refractivity contribution in [3.05, 3.63) is 70.1 Å². The number of likely N-dealkylation sites (N-methyl/N-ethyl adjacent to an activating group) is 1. The summed E-state index contributed by atoms with van der Waals surface area (Å²) in [5.74, 6) is 0.0129. The van der Waals surface area contributed by atoms with Gasteiger partial charge in [-0.2, -0.15) is 0 Å². The number of amides is 1. The summed E-state index contributed by atoms with van der Waals surface area (Å²) >= 11 is 3.11. The van der Waals surface area contributed by atoms with Gasteiger partial charge in [0.15, 0.2) is 5.17 Å². The second-order valence-electron chi connectivity index (χ2n) is 5.81. The fraction of sp³-hybridized carbons (Fsp3) is 0.158. The summed E-state index contributed by atoms with van der Waals surface area (Å²) in [4.78, 5) is 23.0. The van der Waals surface area contributed by atoms with E-state index in [0.717, 1.165) is 26.4 Å². The highest BCUT2D eigenvalue weighted by atomic mass is 32.2. The average molecular weight is 367 g/mol. The van der Waals surface area contributed by atoms with Crippen molar-refractivity contribution in [3.63, 3.8) is 0 Å². The first-order valence-electron chi connectivity index (χ1n) is 7.94. The standard InChI is InChI=1S/C19H17N3OS2/c1-21-14-10-6-7-11-15(14)24-18(21)16-17(23)22(2)19(25-16)20-12-13-8-4-3-5-9-13/h3-11H,12H2,1-2H3/b18-16+,20-19?. The molecule has 2 aromatic rings. The maximum Gasteiger partial charge on any atom is 0.269 e. The van der Waals surface area contributed by atoms with Crippen molar-refractivity contribution in [1.29, 1.82) is 0 Å². The van der Waals surface area contributed by atoms with Crippen molar-refractivity contribution >= 4 is 40.3 Å². The lowest BCUT2D eigenvalue weighted by Crippen LogP contribution is -2.25. The zero-order chi connectivity index (χ0) is 17.4. The maximum atomic E-state index is 12.7. The molecule has 25 heavy (non-hydrogen) atoms. The minimum atomic E-state index is 0.0129. The highest BCUT2D eigenvalue weighted by Gasteiger charge is 2.37. The monoisotopic (exact) mass is 367 g/mol. The first kappa shape index (κ1) is 16.3. The summed E-state index contributed by atoms with van der Waals surface area (Å²) < 4.78 is 0. The Kier molecular flexibility index (Phi) is 4.31. The van der Waals surface area contributed by atoms with Crippen LogP contribution < -0.4 is 4.90 Å². The van der Waals surface area contributed by atoms with Gasteiger partial charge in [0.1, 0.15) is 4.91 Å². The molecule has 0 spiro atoms. The van der Waals surface area contributed by atoms with E-state index in [2.05, 4.69) is 22.0 Å². The number of carbonyl (C=O) groups is 1. The molecule has 0 unspecified atom stereocenters. The van der Waals surface area contributed by atoms with Crippen LogP contribution in [0.2, 0.25) is 0 Å². The number of amidine groups is 1. The third kappa shape index (κ3) is 2.96. The number of fused-ring (bicyclic) bond motifs is 1. The van der Waals surface area contributed by atoms with E-state index < -0.39 is 0 Å². The molecule has 2 aromatic carbocycles. The van der Waals surface area contributed by atoms with E-state index in [9.17, 15) is 4.79 Å². The molecular formula is C19H17N3OS2. The van der Waals surface area contributed by atoms with Crippen LogP contribution in [0.3, 0.4) is 0 Å². The van der Waals surface area contributed by atoms with Crippen LogP contribution in [0.15, 0.2) is 74.4 Å². The summed E-state index contributed by atoms with van der Waals surface area (Å²) in [7, 11) is 3.80. The van der Waals surface area contributed by atoms with Gasteiger partial charge in [0.25, 0.3) is 5.91 Å². The van der Waals surface area contributed by atoms with Crippen molar-refractivity contribution < 1.29 is 4.79 Å². The van der Waals surface area contributed by atoms with Crippen LogP contribution in [0.1, 0.15) is 5.56 Å². The third-order valence-electron chi connectivity index (χ3n) is 4.15. The van der Waals surface area contributed by atoms with E-state index in [1.807, 2.05) is 49.5 Å². The van der Waals surface area contributed by atoms with Crippen molar-refractivity contribution in [1.82, 2.24) is 4.90 Å². The number of para-hydroxylation sites is 1. The predicted molar refractivity (Wildman–Crippen MR) is 106 cm³/mol. The molecule has 0 N–H and O–H groups in total. The van der Waals surface area contributed by atoms with E-state index in [0.29, 0.717) is 6.54 Å². The van der Waals surface area contributed by atoms with Gasteiger partial charge in [-0.05, 0) is 29.5 Å². The molecule has 4 nitrogen and oxygen atoms in total. The molecule has 126 valence electrons. The first-order chi connectivity index (χ1) is 12.1. The maximum absolute atomic E-state index is 12.7. The molecule has 2 aliphatic rings. The number of carbonyl (C=O) groups excluding carboxylic acids is 1. The largest absolute Gasteiger partial charge is 0.337 e. The molecule has 0 radical (unpaired) electrons. The fourth-order valence-corrected chi connectivity index (χ4v) is 5.07. The molecule has 1 amide bonds. The number of anilines is 1. The summed E-state index contributed by atoms with van der Waals surface area (Å²) in [6, 6.07) is 18.3. The Hall–Kier alpha value is -2.18. The molecule has 0 saturated carbocycles. The predicted octanol–water partition coefficient (Wildman–Crippen LogP) is 4.16. The topological polar surface area (TPSA) is 35.9 Å². The van der Waals surface area contributed by atoms with Crippen molar-refractivity contribution in [2.45, 2.75) is 11.4 Å². The van der Waals surface area contributed by atoms with Crippen LogP contribution in [0.5, 0.6) is 0 Å². The zero-order valence-electron chi connectivity index (χ0n) is 14.0. The summed E-state index contributed by atoms with van der Waals surface area (Å²) in [5.41, 5.74) is 2.28. The number of hydrogen-bond acceptors (Lipinski definition) is 5. The van der Waals surface area contributed by atoms with E-state index >= 15 is 0 Å². The van der Waals surface area contributed by atoms with Crippen LogP contribution >= 0.6 is 23.5 Å². The zero-order valence-corrected chi connectivity index (χ0v) is 15.6. The van der Waals surface area contributed by atoms with E-state index in [-0.39, 0.29) is 5.91 Å². The normalized spacial score (nSPS) is 21.4. The van der Waals surface area contributed by atoms with Gasteiger partial charge in [-0.3, -0.25) is 14.7 Å². The molecule has 2 aliphatic heterocycles. The van der Waals surface area contributed by atoms with E-state index in [4.69, 9.17) is 0 Å². The second-order valence-corrected chi connectivity index (χ2v) is 7.82. The lowest BCUT2D eigenvalue weighted by molar-refractivity contribution is -0.121. The van der Waals surface area contributed by atoms with Gasteiger partial charge in [0, 0.05) is 19.0 Å². The molecule has 0 atom stereocenters. The minimum Gasteiger partial charge on any atom is -0.337 e. The van der Waals surface area contributed by atoms with Gasteiger partial charge in [0.2, 0.25) is 0 Å². The van der Waals surface area contributed by atoms with Crippen LogP contribution in [-0.2, 0) is 11.3 Å². The lowest BCUT2D eigenvalue weighted by atomic mass is 10.2. The van der Waals surface area contributed by atoms with Crippen molar-refractivity contribution in [2.75, 3.05) is 19.0 Å². The Balaban J connectivity index is 1.62. The molecule has 1 saturated heterocycles. The number of thioether (sulfide) groups is 2. The third-order valence-corrected chi connectivity index (χ3v) is 6.67. The van der Waals surface area contributed by atoms with Crippen LogP contribution in [0.4, 0.5) is 5.69 Å². The van der Waals surface area contributed by atoms with Gasteiger partial charge >= 0.3 is 0 Å². The molecule has 0 aliphatic carbocycles. The number of hydrogen-bond donors (Lipinski definition) is 0. The smallest absolute Gasteiger partial charge is 0.269 e. The molecule has 4 rings (SSSR count). The number of rotatable bonds is 2. The van der Waals surface area contributed by atoms with Gasteiger partial charge in [-0.25, -0.2) is 0 Å². The number of aliphatic imine (C=N–C) groups is 1. The molecule has 1 fully saturated rings. The average Bonchev–Trinajstić information content (AvgIpc) is 3.12. The highest BCUT2D eigenvalue weighted by Crippen LogP contribution is 2.49. The lowest BCUT2D eigenvalue weighted by Gasteiger charge is -2.14. The van der Waals surface area contributed by atoms with E-state index in [1.165, 1.54) is 16.7 Å². The Morgan fingerprint density at radius 1 is 0.920 bits per heavy atom.